The van der Waals surface area contributed by atoms with Crippen molar-refractivity contribution in [1.29, 1.82) is 0 Å². The average Bonchev–Trinajstić information content (AvgIpc) is 2.32. The topological polar surface area (TPSA) is 12.0 Å². The van der Waals surface area contributed by atoms with E-state index >= 15 is 0 Å². The molecule has 0 atom stereocenters. The summed E-state index contributed by atoms with van der Waals surface area (Å²) < 4.78 is 0. The van der Waals surface area contributed by atoms with Crippen LogP contribution in [0.25, 0.3) is 0 Å². The summed E-state index contributed by atoms with van der Waals surface area (Å²) in [7, 11) is 0. The molecule has 0 aliphatic carbocycles. The van der Waals surface area contributed by atoms with Gasteiger partial charge >= 0.3 is 0 Å². The molecular weight excluding hydrogens is 253 g/mol. The zero-order valence-electron chi connectivity index (χ0n) is 10.4. The summed E-state index contributed by atoms with van der Waals surface area (Å²) in [6.07, 6.45) is 6.02. The fourth-order valence-corrected chi connectivity index (χ4v) is 2.24. The van der Waals surface area contributed by atoms with Gasteiger partial charge in [0, 0.05) is 10.0 Å². The molecule has 0 heterocycles. The lowest BCUT2D eigenvalue weighted by Gasteiger charge is -2.05. The lowest BCUT2D eigenvalue weighted by atomic mass is 10.1. The summed E-state index contributed by atoms with van der Waals surface area (Å²) in [5.74, 6) is 0. The van der Waals surface area contributed by atoms with Gasteiger partial charge in [-0.1, -0.05) is 43.0 Å². The van der Waals surface area contributed by atoms with E-state index in [9.17, 15) is 0 Å². The summed E-state index contributed by atoms with van der Waals surface area (Å²) in [5, 5.41) is 4.94. The van der Waals surface area contributed by atoms with Gasteiger partial charge in [-0.25, -0.2) is 0 Å². The van der Waals surface area contributed by atoms with Crippen LogP contribution in [0.5, 0.6) is 0 Å². The van der Waals surface area contributed by atoms with Crippen LogP contribution in [0.2, 0.25) is 10.0 Å². The molecule has 1 aromatic rings. The normalized spacial score (nSPS) is 10.8. The molecular formula is C14H21Cl2N. The monoisotopic (exact) mass is 273 g/mol. The summed E-state index contributed by atoms with van der Waals surface area (Å²) >= 11 is 12.1. The Kier molecular flexibility index (Phi) is 7.67. The highest BCUT2D eigenvalue weighted by molar-refractivity contribution is 6.33. The van der Waals surface area contributed by atoms with Crippen molar-refractivity contribution in [2.45, 2.75) is 39.0 Å². The molecule has 17 heavy (non-hydrogen) atoms. The van der Waals surface area contributed by atoms with Crippen molar-refractivity contribution in [2.75, 3.05) is 13.1 Å². The third-order valence-corrected chi connectivity index (χ3v) is 3.41. The highest BCUT2D eigenvalue weighted by atomic mass is 35.5. The Bertz CT molecular complexity index is 326. The number of aryl methyl sites for hydroxylation is 1. The molecule has 0 saturated carbocycles. The van der Waals surface area contributed by atoms with Crippen LogP contribution in [-0.2, 0) is 6.42 Å². The van der Waals surface area contributed by atoms with Crippen LogP contribution in [0, 0.1) is 0 Å². The maximum absolute atomic E-state index is 6.11. The standard InChI is InChI=1S/C14H21Cl2N/c1-2-17-10-6-4-3-5-7-12-11-13(15)8-9-14(12)16/h8-9,11,17H,2-7,10H2,1H3. The molecule has 3 heteroatoms. The van der Waals surface area contributed by atoms with E-state index in [1.54, 1.807) is 0 Å². The molecule has 96 valence electrons. The Morgan fingerprint density at radius 3 is 2.59 bits per heavy atom. The molecule has 0 aliphatic heterocycles. The Balaban J connectivity index is 2.15. The third kappa shape index (κ3) is 6.30. The van der Waals surface area contributed by atoms with Crippen molar-refractivity contribution in [1.82, 2.24) is 5.32 Å². The molecule has 0 radical (unpaired) electrons. The first kappa shape index (κ1) is 14.8. The van der Waals surface area contributed by atoms with E-state index in [-0.39, 0.29) is 0 Å². The van der Waals surface area contributed by atoms with Crippen LogP contribution >= 0.6 is 23.2 Å². The van der Waals surface area contributed by atoms with Crippen molar-refractivity contribution >= 4 is 23.2 Å². The van der Waals surface area contributed by atoms with Crippen molar-refractivity contribution in [2.24, 2.45) is 0 Å². The van der Waals surface area contributed by atoms with E-state index in [1.807, 2.05) is 18.2 Å². The van der Waals surface area contributed by atoms with Gasteiger partial charge < -0.3 is 5.32 Å². The quantitative estimate of drug-likeness (QED) is 0.677. The summed E-state index contributed by atoms with van der Waals surface area (Å²) in [6.45, 7) is 4.34. The van der Waals surface area contributed by atoms with Gasteiger partial charge in [0.25, 0.3) is 0 Å². The van der Waals surface area contributed by atoms with E-state index in [2.05, 4.69) is 12.2 Å². The van der Waals surface area contributed by atoms with Gasteiger partial charge in [-0.2, -0.15) is 0 Å². The largest absolute Gasteiger partial charge is 0.317 e. The van der Waals surface area contributed by atoms with E-state index in [1.165, 1.54) is 31.2 Å². The first-order chi connectivity index (χ1) is 8.24. The van der Waals surface area contributed by atoms with Gasteiger partial charge in [-0.15, -0.1) is 0 Å². The van der Waals surface area contributed by atoms with Crippen LogP contribution in [-0.4, -0.2) is 13.1 Å². The van der Waals surface area contributed by atoms with Gasteiger partial charge in [0.05, 0.1) is 0 Å². The number of nitrogens with one attached hydrogen (secondary N) is 1. The van der Waals surface area contributed by atoms with Gasteiger partial charge in [0.15, 0.2) is 0 Å². The van der Waals surface area contributed by atoms with Crippen LogP contribution in [0.1, 0.15) is 38.2 Å². The van der Waals surface area contributed by atoms with E-state index in [0.29, 0.717) is 0 Å². The first-order valence-electron chi connectivity index (χ1n) is 6.38. The second-order valence-electron chi connectivity index (χ2n) is 4.25. The van der Waals surface area contributed by atoms with Crippen LogP contribution in [0.15, 0.2) is 18.2 Å². The van der Waals surface area contributed by atoms with E-state index in [0.717, 1.165) is 29.6 Å². The molecule has 0 amide bonds. The van der Waals surface area contributed by atoms with E-state index < -0.39 is 0 Å². The predicted octanol–water partition coefficient (Wildman–Crippen LogP) is 4.71. The number of rotatable bonds is 8. The summed E-state index contributed by atoms with van der Waals surface area (Å²) in [6, 6.07) is 5.69. The minimum atomic E-state index is 0.775. The highest BCUT2D eigenvalue weighted by Gasteiger charge is 2.01. The number of benzene rings is 1. The van der Waals surface area contributed by atoms with Gasteiger partial charge in [0.2, 0.25) is 0 Å². The van der Waals surface area contributed by atoms with Crippen molar-refractivity contribution < 1.29 is 0 Å². The third-order valence-electron chi connectivity index (χ3n) is 2.81. The zero-order valence-corrected chi connectivity index (χ0v) is 11.9. The minimum absolute atomic E-state index is 0.775. The Hall–Kier alpha value is -0.240. The average molecular weight is 274 g/mol. The molecule has 0 unspecified atom stereocenters. The Morgan fingerprint density at radius 2 is 1.82 bits per heavy atom. The van der Waals surface area contributed by atoms with Gasteiger partial charge in [0.1, 0.15) is 0 Å². The second-order valence-corrected chi connectivity index (χ2v) is 5.10. The molecule has 0 aromatic heterocycles. The molecule has 1 rings (SSSR count). The number of hydrogen-bond acceptors (Lipinski definition) is 1. The molecule has 1 N–H and O–H groups in total. The van der Waals surface area contributed by atoms with Crippen molar-refractivity contribution in [3.63, 3.8) is 0 Å². The lowest BCUT2D eigenvalue weighted by molar-refractivity contribution is 0.598. The molecule has 0 bridgehead atoms. The van der Waals surface area contributed by atoms with Gasteiger partial charge in [-0.3, -0.25) is 0 Å². The first-order valence-corrected chi connectivity index (χ1v) is 7.14. The lowest BCUT2D eigenvalue weighted by Crippen LogP contribution is -2.13. The number of halogens is 2. The molecule has 1 aromatic carbocycles. The van der Waals surface area contributed by atoms with Crippen LogP contribution < -0.4 is 5.32 Å². The fraction of sp³-hybridized carbons (Fsp3) is 0.571. The fourth-order valence-electron chi connectivity index (χ4n) is 1.83. The molecule has 0 aliphatic rings. The van der Waals surface area contributed by atoms with Crippen LogP contribution in [0.4, 0.5) is 0 Å². The van der Waals surface area contributed by atoms with Gasteiger partial charge in [-0.05, 0) is 56.1 Å². The molecule has 0 fully saturated rings. The van der Waals surface area contributed by atoms with Crippen LogP contribution in [0.3, 0.4) is 0 Å². The predicted molar refractivity (Wildman–Crippen MR) is 77.2 cm³/mol. The summed E-state index contributed by atoms with van der Waals surface area (Å²) in [4.78, 5) is 0. The molecule has 0 saturated heterocycles. The zero-order chi connectivity index (χ0) is 12.5. The molecule has 0 spiro atoms. The minimum Gasteiger partial charge on any atom is -0.317 e. The highest BCUT2D eigenvalue weighted by Crippen LogP contribution is 2.22. The maximum Gasteiger partial charge on any atom is 0.0439 e. The second kappa shape index (κ2) is 8.79. The Labute approximate surface area is 115 Å². The maximum atomic E-state index is 6.11. The SMILES string of the molecule is CCNCCCCCCc1cc(Cl)ccc1Cl. The smallest absolute Gasteiger partial charge is 0.0439 e. The van der Waals surface area contributed by atoms with Crippen molar-refractivity contribution in [3.05, 3.63) is 33.8 Å². The van der Waals surface area contributed by atoms with E-state index in [4.69, 9.17) is 23.2 Å². The van der Waals surface area contributed by atoms with Crippen molar-refractivity contribution in [3.8, 4) is 0 Å². The number of unbranched alkanes of at least 4 members (excludes halogenated alkanes) is 3. The number of hydrogen-bond donors (Lipinski definition) is 1. The molecule has 1 nitrogen and oxygen atoms in total. The Morgan fingerprint density at radius 1 is 1.06 bits per heavy atom. The summed E-state index contributed by atoms with van der Waals surface area (Å²) in [5.41, 5.74) is 1.17.